The molecule has 0 fully saturated rings. The second-order valence-corrected chi connectivity index (χ2v) is 4.58. The molecule has 1 aromatic heterocycles. The quantitative estimate of drug-likeness (QED) is 0.772. The minimum atomic E-state index is -0.952. The molecule has 1 heterocycles. The predicted octanol–water partition coefficient (Wildman–Crippen LogP) is 0.728. The van der Waals surface area contributed by atoms with Crippen molar-refractivity contribution in [3.8, 4) is 0 Å². The van der Waals surface area contributed by atoms with E-state index in [0.29, 0.717) is 17.1 Å². The molecule has 6 heteroatoms. The molecule has 1 aromatic rings. The zero-order valence-corrected chi connectivity index (χ0v) is 11.0. The van der Waals surface area contributed by atoms with E-state index in [4.69, 9.17) is 10.2 Å². The van der Waals surface area contributed by atoms with Crippen molar-refractivity contribution in [3.63, 3.8) is 0 Å². The molecule has 100 valence electrons. The van der Waals surface area contributed by atoms with Gasteiger partial charge in [-0.15, -0.1) is 0 Å². The van der Waals surface area contributed by atoms with Gasteiger partial charge in [0.15, 0.2) is 0 Å². The third-order valence-corrected chi connectivity index (χ3v) is 2.38. The van der Waals surface area contributed by atoms with Crippen molar-refractivity contribution < 1.29 is 18.7 Å². The van der Waals surface area contributed by atoms with Crippen LogP contribution in [0.2, 0.25) is 0 Å². The highest BCUT2D eigenvalue weighted by atomic mass is 16.5. The largest absolute Gasteiger partial charge is 0.465 e. The fourth-order valence-corrected chi connectivity index (χ4v) is 1.34. The maximum atomic E-state index is 11.6. The zero-order chi connectivity index (χ0) is 13.9. The van der Waals surface area contributed by atoms with Gasteiger partial charge in [-0.2, -0.15) is 0 Å². The molecule has 1 amide bonds. The number of nitrogens with one attached hydrogen (secondary N) is 1. The van der Waals surface area contributed by atoms with E-state index >= 15 is 0 Å². The fraction of sp³-hybridized carbons (Fsp3) is 0.500. The highest BCUT2D eigenvalue weighted by Crippen LogP contribution is 2.15. The summed E-state index contributed by atoms with van der Waals surface area (Å²) in [5, 5.41) is 2.63. The second-order valence-electron chi connectivity index (χ2n) is 4.58. The van der Waals surface area contributed by atoms with Gasteiger partial charge in [0.25, 0.3) is 0 Å². The second kappa shape index (κ2) is 5.22. The summed E-state index contributed by atoms with van der Waals surface area (Å²) in [6, 6.07) is 1.55. The number of aryl methyl sites for hydroxylation is 1. The van der Waals surface area contributed by atoms with Crippen LogP contribution in [-0.4, -0.2) is 24.5 Å². The van der Waals surface area contributed by atoms with E-state index in [9.17, 15) is 9.59 Å². The fourth-order valence-electron chi connectivity index (χ4n) is 1.34. The lowest BCUT2D eigenvalue weighted by Crippen LogP contribution is -2.48. The first-order valence-electron chi connectivity index (χ1n) is 5.50. The molecular formula is C12H18N2O4. The molecule has 3 N–H and O–H groups in total. The summed E-state index contributed by atoms with van der Waals surface area (Å²) in [6.45, 7) is 5.05. The molecule has 0 spiro atoms. The van der Waals surface area contributed by atoms with Crippen molar-refractivity contribution in [1.82, 2.24) is 5.32 Å². The van der Waals surface area contributed by atoms with Crippen LogP contribution in [0.25, 0.3) is 0 Å². The minimum absolute atomic E-state index is 0.178. The molecule has 0 aliphatic rings. The van der Waals surface area contributed by atoms with Crippen LogP contribution in [0.15, 0.2) is 10.5 Å². The molecule has 0 radical (unpaired) electrons. The standard InChI is InChI=1S/C12H18N2O4/c1-7-9(10(15)17-4)5-8(18-7)6-14-11(16)12(2,3)13/h5H,6,13H2,1-4H3,(H,14,16). The van der Waals surface area contributed by atoms with E-state index in [2.05, 4.69) is 10.1 Å². The van der Waals surface area contributed by atoms with Crippen LogP contribution >= 0.6 is 0 Å². The van der Waals surface area contributed by atoms with Gasteiger partial charge in [-0.3, -0.25) is 4.79 Å². The van der Waals surface area contributed by atoms with Crippen LogP contribution in [0.5, 0.6) is 0 Å². The van der Waals surface area contributed by atoms with Gasteiger partial charge in [-0.25, -0.2) is 4.79 Å². The van der Waals surface area contributed by atoms with Gasteiger partial charge in [-0.1, -0.05) is 0 Å². The van der Waals surface area contributed by atoms with Gasteiger partial charge in [0.1, 0.15) is 17.1 Å². The van der Waals surface area contributed by atoms with E-state index in [1.807, 2.05) is 0 Å². The van der Waals surface area contributed by atoms with E-state index in [-0.39, 0.29) is 12.5 Å². The number of esters is 1. The number of nitrogens with two attached hydrogens (primary N) is 1. The van der Waals surface area contributed by atoms with Gasteiger partial charge >= 0.3 is 5.97 Å². The third kappa shape index (κ3) is 3.33. The van der Waals surface area contributed by atoms with Gasteiger partial charge < -0.3 is 20.2 Å². The molecular weight excluding hydrogens is 236 g/mol. The Morgan fingerprint density at radius 2 is 2.11 bits per heavy atom. The summed E-state index contributed by atoms with van der Waals surface area (Å²) in [5.74, 6) is 0.174. The Hall–Kier alpha value is -1.82. The molecule has 0 saturated heterocycles. The minimum Gasteiger partial charge on any atom is -0.465 e. The molecule has 1 rings (SSSR count). The first-order valence-corrected chi connectivity index (χ1v) is 5.50. The maximum Gasteiger partial charge on any atom is 0.341 e. The normalized spacial score (nSPS) is 11.2. The van der Waals surface area contributed by atoms with Crippen molar-refractivity contribution >= 4 is 11.9 Å². The van der Waals surface area contributed by atoms with Gasteiger partial charge in [0, 0.05) is 0 Å². The lowest BCUT2D eigenvalue weighted by molar-refractivity contribution is -0.125. The topological polar surface area (TPSA) is 94.6 Å². The molecule has 0 aromatic carbocycles. The number of ether oxygens (including phenoxy) is 1. The number of rotatable bonds is 4. The number of hydrogen-bond donors (Lipinski definition) is 2. The van der Waals surface area contributed by atoms with Gasteiger partial charge in [0.05, 0.1) is 19.2 Å². The molecule has 0 saturated carbocycles. The van der Waals surface area contributed by atoms with Crippen LogP contribution in [0.4, 0.5) is 0 Å². The van der Waals surface area contributed by atoms with Crippen LogP contribution in [0, 0.1) is 6.92 Å². The molecule has 0 bridgehead atoms. The predicted molar refractivity (Wildman–Crippen MR) is 64.9 cm³/mol. The van der Waals surface area contributed by atoms with Gasteiger partial charge in [0.2, 0.25) is 5.91 Å². The van der Waals surface area contributed by atoms with Crippen LogP contribution in [-0.2, 0) is 16.1 Å². The zero-order valence-electron chi connectivity index (χ0n) is 11.0. The number of amides is 1. The summed E-state index contributed by atoms with van der Waals surface area (Å²) in [7, 11) is 1.30. The lowest BCUT2D eigenvalue weighted by Gasteiger charge is -2.16. The van der Waals surface area contributed by atoms with Crippen molar-refractivity contribution in [2.24, 2.45) is 5.73 Å². The third-order valence-electron chi connectivity index (χ3n) is 2.38. The Kier molecular flexibility index (Phi) is 4.13. The number of furan rings is 1. The van der Waals surface area contributed by atoms with Crippen molar-refractivity contribution in [2.75, 3.05) is 7.11 Å². The Balaban J connectivity index is 2.70. The first kappa shape index (κ1) is 14.2. The Labute approximate surface area is 105 Å². The summed E-state index contributed by atoms with van der Waals surface area (Å²) < 4.78 is 9.95. The van der Waals surface area contributed by atoms with E-state index in [0.717, 1.165) is 0 Å². The van der Waals surface area contributed by atoms with Crippen molar-refractivity contribution in [3.05, 3.63) is 23.2 Å². The summed E-state index contributed by atoms with van der Waals surface area (Å²) in [4.78, 5) is 22.9. The maximum absolute atomic E-state index is 11.6. The Morgan fingerprint density at radius 1 is 1.50 bits per heavy atom. The smallest absolute Gasteiger partial charge is 0.341 e. The molecule has 0 unspecified atom stereocenters. The average Bonchev–Trinajstić information content (AvgIpc) is 2.65. The first-order chi connectivity index (χ1) is 8.25. The molecule has 0 aliphatic heterocycles. The highest BCUT2D eigenvalue weighted by molar-refractivity contribution is 5.90. The van der Waals surface area contributed by atoms with Gasteiger partial charge in [-0.05, 0) is 26.8 Å². The van der Waals surface area contributed by atoms with E-state index in [1.54, 1.807) is 26.8 Å². The molecule has 0 atom stereocenters. The van der Waals surface area contributed by atoms with E-state index < -0.39 is 11.5 Å². The number of methoxy groups -OCH3 is 1. The van der Waals surface area contributed by atoms with Crippen LogP contribution in [0.1, 0.15) is 35.7 Å². The summed E-state index contributed by atoms with van der Waals surface area (Å²) >= 11 is 0. The Bertz CT molecular complexity index is 457. The lowest BCUT2D eigenvalue weighted by atomic mass is 10.1. The van der Waals surface area contributed by atoms with Crippen molar-refractivity contribution in [2.45, 2.75) is 32.9 Å². The highest BCUT2D eigenvalue weighted by Gasteiger charge is 2.22. The monoisotopic (exact) mass is 254 g/mol. The average molecular weight is 254 g/mol. The molecule has 6 nitrogen and oxygen atoms in total. The molecule has 0 aliphatic carbocycles. The van der Waals surface area contributed by atoms with Crippen LogP contribution < -0.4 is 11.1 Å². The summed E-state index contributed by atoms with van der Waals surface area (Å²) in [5.41, 5.74) is 5.03. The number of hydrogen-bond acceptors (Lipinski definition) is 5. The Morgan fingerprint density at radius 3 is 2.61 bits per heavy atom. The van der Waals surface area contributed by atoms with E-state index in [1.165, 1.54) is 7.11 Å². The van der Waals surface area contributed by atoms with Crippen LogP contribution in [0.3, 0.4) is 0 Å². The number of carbonyl (C=O) groups excluding carboxylic acids is 2. The van der Waals surface area contributed by atoms with Crippen molar-refractivity contribution in [1.29, 1.82) is 0 Å². The summed E-state index contributed by atoms with van der Waals surface area (Å²) in [6.07, 6.45) is 0. The number of carbonyl (C=O) groups is 2. The molecule has 18 heavy (non-hydrogen) atoms. The SMILES string of the molecule is COC(=O)c1cc(CNC(=O)C(C)(C)N)oc1C.